The monoisotopic (exact) mass is 357 g/mol. The Hall–Kier alpha value is -2.67. The lowest BCUT2D eigenvalue weighted by Crippen LogP contribution is -2.30. The van der Waals surface area contributed by atoms with E-state index in [0.717, 1.165) is 0 Å². The first kappa shape index (κ1) is 17.2. The van der Waals surface area contributed by atoms with Crippen LogP contribution in [0.3, 0.4) is 0 Å². The highest BCUT2D eigenvalue weighted by Crippen LogP contribution is 2.30. The normalized spacial score (nSPS) is 18.6. The topological polar surface area (TPSA) is 61.8 Å². The highest BCUT2D eigenvalue weighted by Gasteiger charge is 2.36. The molecule has 1 atom stereocenters. The molecule has 2 amide bonds. The van der Waals surface area contributed by atoms with Crippen molar-refractivity contribution >= 4 is 40.1 Å². The van der Waals surface area contributed by atoms with Gasteiger partial charge in [-0.1, -0.05) is 36.0 Å². The molecule has 1 aliphatic heterocycles. The predicted octanol–water partition coefficient (Wildman–Crippen LogP) is 3.42. The summed E-state index contributed by atoms with van der Waals surface area (Å²) >= 11 is 1.21. The number of hydrogen-bond acceptors (Lipinski definition) is 4. The fraction of sp³-hybridized carbons (Fsp3) is 0.167. The number of nitrogens with zero attached hydrogens (tertiary/aromatic N) is 2. The van der Waals surface area contributed by atoms with Gasteiger partial charge in [0.05, 0.1) is 5.69 Å². The van der Waals surface area contributed by atoms with Crippen molar-refractivity contribution in [2.45, 2.75) is 11.7 Å². The van der Waals surface area contributed by atoms with Crippen molar-refractivity contribution < 1.29 is 14.0 Å². The summed E-state index contributed by atoms with van der Waals surface area (Å²) in [5.74, 6) is -0.821. The van der Waals surface area contributed by atoms with E-state index in [1.807, 2.05) is 18.2 Å². The van der Waals surface area contributed by atoms with Gasteiger partial charge in [-0.25, -0.2) is 9.38 Å². The summed E-state index contributed by atoms with van der Waals surface area (Å²) in [5, 5.41) is 2.67. The third-order valence-corrected chi connectivity index (χ3v) is 4.83. The fourth-order valence-corrected chi connectivity index (χ4v) is 3.51. The second-order valence-corrected chi connectivity index (χ2v) is 6.67. The molecule has 0 radical (unpaired) electrons. The molecule has 2 aromatic carbocycles. The molecule has 2 aromatic rings. The summed E-state index contributed by atoms with van der Waals surface area (Å²) < 4.78 is 13.3. The maximum Gasteiger partial charge on any atom is 0.242 e. The zero-order valence-electron chi connectivity index (χ0n) is 13.5. The van der Waals surface area contributed by atoms with Gasteiger partial charge in [-0.15, -0.1) is 0 Å². The van der Waals surface area contributed by atoms with E-state index in [1.165, 1.54) is 28.8 Å². The number of benzene rings is 2. The molecule has 1 saturated heterocycles. The molecule has 1 aliphatic rings. The van der Waals surface area contributed by atoms with Gasteiger partial charge in [0.15, 0.2) is 5.17 Å². The Bertz CT molecular complexity index is 826. The Morgan fingerprint density at radius 3 is 2.72 bits per heavy atom. The van der Waals surface area contributed by atoms with Crippen LogP contribution >= 0.6 is 11.8 Å². The summed E-state index contributed by atoms with van der Waals surface area (Å²) in [6.07, 6.45) is 0.0465. The second-order valence-electron chi connectivity index (χ2n) is 5.50. The van der Waals surface area contributed by atoms with E-state index in [-0.39, 0.29) is 18.2 Å². The van der Waals surface area contributed by atoms with E-state index in [1.54, 1.807) is 31.3 Å². The number of carbonyl (C=O) groups is 2. The Labute approximate surface area is 148 Å². The van der Waals surface area contributed by atoms with E-state index in [0.29, 0.717) is 16.5 Å². The number of amidine groups is 1. The molecule has 3 rings (SSSR count). The minimum atomic E-state index is -0.541. The van der Waals surface area contributed by atoms with Crippen molar-refractivity contribution in [2.75, 3.05) is 12.4 Å². The van der Waals surface area contributed by atoms with Crippen molar-refractivity contribution in [3.8, 4) is 0 Å². The number of para-hydroxylation sites is 1. The number of rotatable bonds is 4. The third kappa shape index (κ3) is 4.24. The molecule has 128 valence electrons. The molecule has 7 heteroatoms. The molecule has 0 spiro atoms. The molecular formula is C18H16FN3O2S. The van der Waals surface area contributed by atoms with Gasteiger partial charge in [-0.3, -0.25) is 14.5 Å². The summed E-state index contributed by atoms with van der Waals surface area (Å²) in [6, 6.07) is 14.9. The first-order valence-electron chi connectivity index (χ1n) is 7.66. The van der Waals surface area contributed by atoms with Crippen LogP contribution in [0.1, 0.15) is 6.42 Å². The smallest absolute Gasteiger partial charge is 0.242 e. The maximum absolute atomic E-state index is 13.3. The number of thioether (sulfide) groups is 1. The lowest BCUT2D eigenvalue weighted by Gasteiger charge is -2.09. The number of carbonyl (C=O) groups excluding carboxylic acids is 2. The highest BCUT2D eigenvalue weighted by atomic mass is 32.2. The van der Waals surface area contributed by atoms with Gasteiger partial charge >= 0.3 is 0 Å². The minimum absolute atomic E-state index is 0.0465. The van der Waals surface area contributed by atoms with Crippen LogP contribution in [0.25, 0.3) is 0 Å². The molecule has 0 saturated carbocycles. The molecule has 25 heavy (non-hydrogen) atoms. The van der Waals surface area contributed by atoms with Crippen LogP contribution in [0.4, 0.5) is 15.8 Å². The van der Waals surface area contributed by atoms with E-state index in [2.05, 4.69) is 10.3 Å². The standard InChI is InChI=1S/C18H16FN3O2S/c1-22-17(24)15(11-16(23)20-13-7-3-2-4-8-13)25-18(22)21-14-9-5-6-12(19)10-14/h2-10,15H,11H2,1H3,(H,20,23)/t15-/m1/s1. The summed E-state index contributed by atoms with van der Waals surface area (Å²) in [5.41, 5.74) is 1.11. The van der Waals surface area contributed by atoms with E-state index in [9.17, 15) is 14.0 Å². The summed E-state index contributed by atoms with van der Waals surface area (Å²) in [4.78, 5) is 30.2. The van der Waals surface area contributed by atoms with Gasteiger partial charge in [-0.05, 0) is 30.3 Å². The van der Waals surface area contributed by atoms with Crippen molar-refractivity contribution in [3.05, 3.63) is 60.4 Å². The van der Waals surface area contributed by atoms with Gasteiger partial charge in [0.2, 0.25) is 11.8 Å². The minimum Gasteiger partial charge on any atom is -0.326 e. The van der Waals surface area contributed by atoms with Gasteiger partial charge < -0.3 is 5.32 Å². The molecule has 1 N–H and O–H groups in total. The van der Waals surface area contributed by atoms with Crippen LogP contribution in [0.5, 0.6) is 0 Å². The van der Waals surface area contributed by atoms with Crippen LogP contribution in [-0.4, -0.2) is 34.2 Å². The number of halogens is 1. The zero-order chi connectivity index (χ0) is 17.8. The number of amides is 2. The van der Waals surface area contributed by atoms with Crippen molar-refractivity contribution in [3.63, 3.8) is 0 Å². The van der Waals surface area contributed by atoms with E-state index >= 15 is 0 Å². The molecular weight excluding hydrogens is 341 g/mol. The Kier molecular flexibility index (Phi) is 5.14. The third-order valence-electron chi connectivity index (χ3n) is 3.60. The summed E-state index contributed by atoms with van der Waals surface area (Å²) in [7, 11) is 1.60. The summed E-state index contributed by atoms with van der Waals surface area (Å²) in [6.45, 7) is 0. The molecule has 1 heterocycles. The lowest BCUT2D eigenvalue weighted by molar-refractivity contribution is -0.127. The first-order chi connectivity index (χ1) is 12.0. The van der Waals surface area contributed by atoms with Crippen LogP contribution in [0.15, 0.2) is 59.6 Å². The molecule has 5 nitrogen and oxygen atoms in total. The number of anilines is 1. The van der Waals surface area contributed by atoms with Crippen molar-refractivity contribution in [1.29, 1.82) is 0 Å². The first-order valence-corrected chi connectivity index (χ1v) is 8.54. The zero-order valence-corrected chi connectivity index (χ0v) is 14.3. The number of aliphatic imine (C=N–C) groups is 1. The van der Waals surface area contributed by atoms with Crippen LogP contribution in [0, 0.1) is 5.82 Å². The van der Waals surface area contributed by atoms with Gasteiger partial charge in [0, 0.05) is 19.2 Å². The quantitative estimate of drug-likeness (QED) is 0.912. The number of nitrogens with one attached hydrogen (secondary N) is 1. The largest absolute Gasteiger partial charge is 0.326 e. The predicted molar refractivity (Wildman–Crippen MR) is 97.3 cm³/mol. The Morgan fingerprint density at radius 1 is 1.24 bits per heavy atom. The second kappa shape index (κ2) is 7.48. The molecule has 1 fully saturated rings. The van der Waals surface area contributed by atoms with Gasteiger partial charge in [0.1, 0.15) is 11.1 Å². The average Bonchev–Trinajstić information content (AvgIpc) is 2.84. The maximum atomic E-state index is 13.3. The van der Waals surface area contributed by atoms with Crippen LogP contribution < -0.4 is 5.32 Å². The molecule has 0 unspecified atom stereocenters. The molecule has 0 bridgehead atoms. The van der Waals surface area contributed by atoms with E-state index < -0.39 is 11.1 Å². The van der Waals surface area contributed by atoms with Crippen LogP contribution in [0.2, 0.25) is 0 Å². The SMILES string of the molecule is CN1C(=O)[C@@H](CC(=O)Nc2ccccc2)SC1=Nc1cccc(F)c1. The highest BCUT2D eigenvalue weighted by molar-refractivity contribution is 8.15. The fourth-order valence-electron chi connectivity index (χ4n) is 2.36. The van der Waals surface area contributed by atoms with Crippen molar-refractivity contribution in [2.24, 2.45) is 4.99 Å². The molecule has 0 aromatic heterocycles. The van der Waals surface area contributed by atoms with Gasteiger partial charge in [-0.2, -0.15) is 0 Å². The number of hydrogen-bond donors (Lipinski definition) is 1. The lowest BCUT2D eigenvalue weighted by atomic mass is 10.2. The van der Waals surface area contributed by atoms with Gasteiger partial charge in [0.25, 0.3) is 0 Å². The van der Waals surface area contributed by atoms with E-state index in [4.69, 9.17) is 0 Å². The van der Waals surface area contributed by atoms with Crippen molar-refractivity contribution in [1.82, 2.24) is 4.90 Å². The molecule has 0 aliphatic carbocycles. The average molecular weight is 357 g/mol. The Balaban J connectivity index is 1.67. The Morgan fingerprint density at radius 2 is 2.00 bits per heavy atom. The van der Waals surface area contributed by atoms with Crippen LogP contribution in [-0.2, 0) is 9.59 Å².